The van der Waals surface area contributed by atoms with Crippen LogP contribution in [0.4, 0.5) is 0 Å². The normalized spacial score (nSPS) is 33.2. The molecule has 0 fully saturated rings. The summed E-state index contributed by atoms with van der Waals surface area (Å²) in [6, 6.07) is 0.571. The lowest BCUT2D eigenvalue weighted by Crippen LogP contribution is -2.39. The van der Waals surface area contributed by atoms with Crippen molar-refractivity contribution in [2.45, 2.75) is 39.2 Å². The van der Waals surface area contributed by atoms with E-state index < -0.39 is 0 Å². The van der Waals surface area contributed by atoms with Gasteiger partial charge in [0.25, 0.3) is 0 Å². The van der Waals surface area contributed by atoms with Crippen LogP contribution in [0.15, 0.2) is 45.8 Å². The summed E-state index contributed by atoms with van der Waals surface area (Å²) in [7, 11) is 0. The first kappa shape index (κ1) is 10.5. The van der Waals surface area contributed by atoms with Crippen molar-refractivity contribution in [1.29, 1.82) is 0 Å². The van der Waals surface area contributed by atoms with Crippen molar-refractivity contribution in [1.82, 2.24) is 10.6 Å². The first-order valence-electron chi connectivity index (χ1n) is 7.08. The van der Waals surface area contributed by atoms with Crippen LogP contribution in [0.25, 0.3) is 0 Å². The van der Waals surface area contributed by atoms with Crippen LogP contribution in [-0.2, 0) is 0 Å². The Morgan fingerprint density at radius 2 is 2.22 bits per heavy atom. The van der Waals surface area contributed by atoms with Gasteiger partial charge in [0.2, 0.25) is 0 Å². The lowest BCUT2D eigenvalue weighted by molar-refractivity contribution is 0.426. The number of hydrogen-bond acceptors (Lipinski definition) is 2. The van der Waals surface area contributed by atoms with E-state index in [-0.39, 0.29) is 0 Å². The number of rotatable bonds is 0. The molecule has 0 radical (unpaired) electrons. The van der Waals surface area contributed by atoms with E-state index in [9.17, 15) is 0 Å². The van der Waals surface area contributed by atoms with Crippen LogP contribution >= 0.6 is 0 Å². The van der Waals surface area contributed by atoms with E-state index in [1.54, 1.807) is 22.3 Å². The molecule has 0 aromatic heterocycles. The lowest BCUT2D eigenvalue weighted by atomic mass is 9.72. The van der Waals surface area contributed by atoms with Gasteiger partial charge in [-0.3, -0.25) is 0 Å². The number of nitrogens with one attached hydrogen (secondary N) is 2. The highest BCUT2D eigenvalue weighted by Gasteiger charge is 2.37. The van der Waals surface area contributed by atoms with Crippen LogP contribution in [0, 0.1) is 5.92 Å². The fraction of sp³-hybridized carbons (Fsp3) is 0.500. The van der Waals surface area contributed by atoms with Gasteiger partial charge in [-0.05, 0) is 55.9 Å². The molecular formula is C16H20N2. The molecule has 0 aromatic rings. The van der Waals surface area contributed by atoms with E-state index in [1.165, 1.54) is 30.7 Å². The first-order chi connectivity index (χ1) is 8.74. The van der Waals surface area contributed by atoms with Crippen molar-refractivity contribution >= 4 is 0 Å². The zero-order valence-electron chi connectivity index (χ0n) is 11.1. The molecule has 0 bridgehead atoms. The van der Waals surface area contributed by atoms with Gasteiger partial charge in [-0.25, -0.2) is 0 Å². The van der Waals surface area contributed by atoms with E-state index in [0.29, 0.717) is 12.0 Å². The summed E-state index contributed by atoms with van der Waals surface area (Å²) in [5.74, 6) is 0.682. The number of fused-ring (bicyclic) bond motifs is 1. The summed E-state index contributed by atoms with van der Waals surface area (Å²) in [4.78, 5) is 0. The Balaban J connectivity index is 1.92. The fourth-order valence-corrected chi connectivity index (χ4v) is 4.04. The monoisotopic (exact) mass is 240 g/mol. The number of allylic oxidation sites excluding steroid dienone is 4. The summed E-state index contributed by atoms with van der Waals surface area (Å²) in [5.41, 5.74) is 9.21. The Bertz CT molecular complexity index is 545. The van der Waals surface area contributed by atoms with Crippen molar-refractivity contribution in [3.8, 4) is 0 Å². The third-order valence-corrected chi connectivity index (χ3v) is 4.80. The molecule has 2 aliphatic heterocycles. The average Bonchev–Trinajstić information content (AvgIpc) is 2.76. The molecule has 18 heavy (non-hydrogen) atoms. The second-order valence-corrected chi connectivity index (χ2v) is 5.99. The maximum Gasteiger partial charge on any atom is 0.0379 e. The molecule has 0 amide bonds. The molecule has 0 spiro atoms. The van der Waals surface area contributed by atoms with Crippen LogP contribution in [0.3, 0.4) is 0 Å². The summed E-state index contributed by atoms with van der Waals surface area (Å²) < 4.78 is 0. The molecule has 94 valence electrons. The smallest absolute Gasteiger partial charge is 0.0379 e. The van der Waals surface area contributed by atoms with Gasteiger partial charge in [-0.2, -0.15) is 0 Å². The molecule has 2 N–H and O–H groups in total. The molecule has 4 rings (SSSR count). The summed E-state index contributed by atoms with van der Waals surface area (Å²) in [5, 5.41) is 7.18. The summed E-state index contributed by atoms with van der Waals surface area (Å²) in [6.07, 6.45) is 8.43. The van der Waals surface area contributed by atoms with E-state index in [4.69, 9.17) is 0 Å². The molecule has 2 heteroatoms. The van der Waals surface area contributed by atoms with Crippen LogP contribution in [-0.4, -0.2) is 12.6 Å². The van der Waals surface area contributed by atoms with Crippen molar-refractivity contribution in [2.24, 2.45) is 5.92 Å². The van der Waals surface area contributed by atoms with E-state index >= 15 is 0 Å². The highest BCUT2D eigenvalue weighted by Crippen LogP contribution is 2.46. The van der Waals surface area contributed by atoms with Crippen molar-refractivity contribution < 1.29 is 0 Å². The maximum absolute atomic E-state index is 3.60. The minimum atomic E-state index is 0.571. The van der Waals surface area contributed by atoms with Gasteiger partial charge in [0.1, 0.15) is 0 Å². The Morgan fingerprint density at radius 3 is 3.11 bits per heavy atom. The Morgan fingerprint density at radius 1 is 1.33 bits per heavy atom. The molecule has 2 unspecified atom stereocenters. The maximum atomic E-state index is 3.60. The second-order valence-electron chi connectivity index (χ2n) is 5.99. The van der Waals surface area contributed by atoms with Gasteiger partial charge in [0.05, 0.1) is 0 Å². The third-order valence-electron chi connectivity index (χ3n) is 4.80. The predicted molar refractivity (Wildman–Crippen MR) is 73.8 cm³/mol. The van der Waals surface area contributed by atoms with Gasteiger partial charge in [-0.15, -0.1) is 0 Å². The molecule has 0 aromatic carbocycles. The Hall–Kier alpha value is -1.44. The fourth-order valence-electron chi connectivity index (χ4n) is 4.04. The third kappa shape index (κ3) is 1.29. The number of hydrogen-bond donors (Lipinski definition) is 2. The van der Waals surface area contributed by atoms with Gasteiger partial charge >= 0.3 is 0 Å². The largest absolute Gasteiger partial charge is 0.385 e. The van der Waals surface area contributed by atoms with Gasteiger partial charge < -0.3 is 10.6 Å². The molecule has 2 aliphatic carbocycles. The highest BCUT2D eigenvalue weighted by atomic mass is 14.9. The zero-order valence-corrected chi connectivity index (χ0v) is 11.1. The van der Waals surface area contributed by atoms with Crippen LogP contribution in [0.5, 0.6) is 0 Å². The molecule has 0 saturated heterocycles. The van der Waals surface area contributed by atoms with E-state index in [2.05, 4.69) is 36.6 Å². The Kier molecular flexibility index (Phi) is 2.06. The van der Waals surface area contributed by atoms with Gasteiger partial charge in [0, 0.05) is 35.5 Å². The lowest BCUT2D eigenvalue weighted by Gasteiger charge is -2.38. The van der Waals surface area contributed by atoms with Crippen LogP contribution in [0.2, 0.25) is 0 Å². The molecule has 2 heterocycles. The van der Waals surface area contributed by atoms with Crippen molar-refractivity contribution in [2.75, 3.05) is 6.54 Å². The standard InChI is InChI=1S/C16H20N2/c1-9-6-14-12-4-3-5-15-16(12)11(8-17-15)7-13(14)10(2)18-9/h5-6,10,13,17-18H,3-4,7-8H2,1-2H3. The molecular weight excluding hydrogens is 220 g/mol. The van der Waals surface area contributed by atoms with Gasteiger partial charge in [-0.1, -0.05) is 6.08 Å². The summed E-state index contributed by atoms with van der Waals surface area (Å²) >= 11 is 0. The van der Waals surface area contributed by atoms with Gasteiger partial charge in [0.15, 0.2) is 0 Å². The highest BCUT2D eigenvalue weighted by molar-refractivity contribution is 5.62. The Labute approximate surface area is 109 Å². The molecule has 2 atom stereocenters. The minimum Gasteiger partial charge on any atom is -0.385 e. The summed E-state index contributed by atoms with van der Waals surface area (Å²) in [6.45, 7) is 5.59. The second kappa shape index (κ2) is 3.53. The quantitative estimate of drug-likeness (QED) is 0.680. The first-order valence-corrected chi connectivity index (χ1v) is 7.08. The predicted octanol–water partition coefficient (Wildman–Crippen LogP) is 2.78. The van der Waals surface area contributed by atoms with Crippen molar-refractivity contribution in [3.05, 3.63) is 45.8 Å². The molecule has 2 nitrogen and oxygen atoms in total. The molecule has 0 saturated carbocycles. The SMILES string of the molecule is CC1=CC2=C3CCC=C4NCC(=C43)CC2C(C)N1. The van der Waals surface area contributed by atoms with Crippen LogP contribution in [0.1, 0.15) is 33.1 Å². The zero-order chi connectivity index (χ0) is 12.3. The topological polar surface area (TPSA) is 24.1 Å². The molecule has 4 aliphatic rings. The van der Waals surface area contributed by atoms with Crippen molar-refractivity contribution in [3.63, 3.8) is 0 Å². The average molecular weight is 240 g/mol. The minimum absolute atomic E-state index is 0.571. The van der Waals surface area contributed by atoms with E-state index in [0.717, 1.165) is 6.54 Å². The van der Waals surface area contributed by atoms with Crippen LogP contribution < -0.4 is 10.6 Å². The van der Waals surface area contributed by atoms with E-state index in [1.807, 2.05) is 0 Å².